The molecule has 0 radical (unpaired) electrons. The Morgan fingerprint density at radius 1 is 0.333 bits per heavy atom. The second-order valence-electron chi connectivity index (χ2n) is 17.2. The Kier molecular flexibility index (Phi) is 8.75. The molecule has 0 saturated carbocycles. The standard InChI is InChI=1S/C63H40N2O/c1-4-20-42(21-5-1)62-64-57(40-58(65-62)54-33-18-35-56-60(54)53-29-12-14-34-55(53)63(56,46-23-6-2-7-24-46)47-25-8-3-9-26-47)45-38-43(49-30-16-22-41-19-10-11-27-48(41)49)37-44(39-45)50-31-17-32-52-51-28-13-15-36-59(51)66-61(50)52/h1-40H. The molecule has 1 aliphatic carbocycles. The van der Waals surface area contributed by atoms with Gasteiger partial charge in [0.25, 0.3) is 0 Å². The minimum atomic E-state index is -0.540. The minimum absolute atomic E-state index is 0.540. The summed E-state index contributed by atoms with van der Waals surface area (Å²) < 4.78 is 6.68. The molecule has 3 nitrogen and oxygen atoms in total. The highest BCUT2D eigenvalue weighted by atomic mass is 16.3. The first kappa shape index (κ1) is 37.9. The molecule has 13 rings (SSSR count). The molecule has 12 aromatic rings. The Morgan fingerprint density at radius 3 is 1.67 bits per heavy atom. The molecule has 0 N–H and O–H groups in total. The largest absolute Gasteiger partial charge is 0.455 e. The van der Waals surface area contributed by atoms with Crippen molar-refractivity contribution in [2.45, 2.75) is 5.41 Å². The van der Waals surface area contributed by atoms with Crippen molar-refractivity contribution in [3.8, 4) is 67.3 Å². The average molecular weight is 841 g/mol. The van der Waals surface area contributed by atoms with Crippen LogP contribution in [-0.4, -0.2) is 9.97 Å². The maximum Gasteiger partial charge on any atom is 0.160 e. The van der Waals surface area contributed by atoms with Gasteiger partial charge in [0, 0.05) is 33.0 Å². The molecule has 2 heterocycles. The maximum atomic E-state index is 6.68. The third-order valence-electron chi connectivity index (χ3n) is 13.6. The summed E-state index contributed by atoms with van der Waals surface area (Å²) >= 11 is 0. The van der Waals surface area contributed by atoms with Crippen LogP contribution in [0.4, 0.5) is 0 Å². The molecule has 0 fully saturated rings. The second kappa shape index (κ2) is 15.3. The van der Waals surface area contributed by atoms with Crippen LogP contribution in [0.15, 0.2) is 247 Å². The molecule has 3 heteroatoms. The summed E-state index contributed by atoms with van der Waals surface area (Å²) in [6.45, 7) is 0. The van der Waals surface area contributed by atoms with Gasteiger partial charge >= 0.3 is 0 Å². The zero-order valence-corrected chi connectivity index (χ0v) is 35.9. The molecular weight excluding hydrogens is 801 g/mol. The van der Waals surface area contributed by atoms with E-state index in [-0.39, 0.29) is 0 Å². The van der Waals surface area contributed by atoms with Gasteiger partial charge in [-0.3, -0.25) is 0 Å². The fourth-order valence-corrected chi connectivity index (χ4v) is 10.7. The fraction of sp³-hybridized carbons (Fsp3) is 0.0159. The molecule has 0 aliphatic heterocycles. The van der Waals surface area contributed by atoms with E-state index in [2.05, 4.69) is 224 Å². The zero-order chi connectivity index (χ0) is 43.6. The number of benzene rings is 10. The van der Waals surface area contributed by atoms with Crippen LogP contribution in [0.25, 0.3) is 100.0 Å². The van der Waals surface area contributed by atoms with Gasteiger partial charge in [-0.1, -0.05) is 212 Å². The van der Waals surface area contributed by atoms with E-state index in [0.717, 1.165) is 72.3 Å². The summed E-state index contributed by atoms with van der Waals surface area (Å²) in [6, 6.07) is 87.0. The van der Waals surface area contributed by atoms with Crippen molar-refractivity contribution in [2.75, 3.05) is 0 Å². The van der Waals surface area contributed by atoms with Crippen LogP contribution >= 0.6 is 0 Å². The maximum absolute atomic E-state index is 6.68. The highest BCUT2D eigenvalue weighted by Gasteiger charge is 2.46. The van der Waals surface area contributed by atoms with E-state index >= 15 is 0 Å². The van der Waals surface area contributed by atoms with Crippen molar-refractivity contribution in [3.63, 3.8) is 0 Å². The molecule has 0 atom stereocenters. The Labute approximate surface area is 383 Å². The molecule has 66 heavy (non-hydrogen) atoms. The first-order valence-corrected chi connectivity index (χ1v) is 22.6. The summed E-state index contributed by atoms with van der Waals surface area (Å²) in [5.41, 5.74) is 17.6. The molecule has 0 saturated heterocycles. The number of hydrogen-bond donors (Lipinski definition) is 0. The number of nitrogens with zero attached hydrogens (tertiary/aromatic N) is 2. The van der Waals surface area contributed by atoms with Gasteiger partial charge in [0.15, 0.2) is 5.82 Å². The summed E-state index contributed by atoms with van der Waals surface area (Å²) in [4.78, 5) is 10.9. The minimum Gasteiger partial charge on any atom is -0.455 e. The van der Waals surface area contributed by atoms with Crippen LogP contribution in [-0.2, 0) is 5.41 Å². The average Bonchev–Trinajstić information content (AvgIpc) is 3.93. The van der Waals surface area contributed by atoms with Crippen LogP contribution in [0.2, 0.25) is 0 Å². The number of para-hydroxylation sites is 2. The Morgan fingerprint density at radius 2 is 0.864 bits per heavy atom. The third-order valence-corrected chi connectivity index (χ3v) is 13.6. The van der Waals surface area contributed by atoms with Gasteiger partial charge in [0.05, 0.1) is 16.8 Å². The Bertz CT molecular complexity index is 3770. The van der Waals surface area contributed by atoms with Gasteiger partial charge in [-0.2, -0.15) is 0 Å². The molecule has 0 bridgehead atoms. The van der Waals surface area contributed by atoms with Crippen molar-refractivity contribution >= 4 is 32.7 Å². The van der Waals surface area contributed by atoms with E-state index in [1.165, 1.54) is 44.2 Å². The number of fused-ring (bicyclic) bond motifs is 7. The van der Waals surface area contributed by atoms with Gasteiger partial charge in [-0.05, 0) is 91.2 Å². The molecule has 308 valence electrons. The summed E-state index contributed by atoms with van der Waals surface area (Å²) in [7, 11) is 0. The van der Waals surface area contributed by atoms with Crippen molar-refractivity contribution in [1.29, 1.82) is 0 Å². The quantitative estimate of drug-likeness (QED) is 0.160. The second-order valence-corrected chi connectivity index (χ2v) is 17.2. The van der Waals surface area contributed by atoms with Crippen molar-refractivity contribution in [1.82, 2.24) is 9.97 Å². The van der Waals surface area contributed by atoms with Crippen LogP contribution in [0.5, 0.6) is 0 Å². The number of furan rings is 1. The predicted molar refractivity (Wildman–Crippen MR) is 271 cm³/mol. The number of aromatic nitrogens is 2. The first-order valence-electron chi connectivity index (χ1n) is 22.6. The molecule has 2 aromatic heterocycles. The van der Waals surface area contributed by atoms with Gasteiger partial charge < -0.3 is 4.42 Å². The van der Waals surface area contributed by atoms with Crippen molar-refractivity contribution < 1.29 is 4.42 Å². The number of rotatable bonds is 7. The van der Waals surface area contributed by atoms with Crippen molar-refractivity contribution in [2.24, 2.45) is 0 Å². The van der Waals surface area contributed by atoms with E-state index in [1.807, 2.05) is 18.2 Å². The van der Waals surface area contributed by atoms with Crippen LogP contribution < -0.4 is 0 Å². The Hall–Kier alpha value is -8.66. The van der Waals surface area contributed by atoms with Gasteiger partial charge in [-0.15, -0.1) is 0 Å². The predicted octanol–water partition coefficient (Wildman–Crippen LogP) is 16.2. The van der Waals surface area contributed by atoms with Crippen LogP contribution in [0.1, 0.15) is 22.3 Å². The highest BCUT2D eigenvalue weighted by Crippen LogP contribution is 2.58. The third kappa shape index (κ3) is 5.91. The van der Waals surface area contributed by atoms with Crippen LogP contribution in [0, 0.1) is 0 Å². The molecule has 0 amide bonds. The zero-order valence-electron chi connectivity index (χ0n) is 35.9. The van der Waals surface area contributed by atoms with Crippen molar-refractivity contribution in [3.05, 3.63) is 265 Å². The smallest absolute Gasteiger partial charge is 0.160 e. The fourth-order valence-electron chi connectivity index (χ4n) is 10.7. The lowest BCUT2D eigenvalue weighted by molar-refractivity contribution is 0.670. The summed E-state index contributed by atoms with van der Waals surface area (Å²) in [5, 5.41) is 4.58. The lowest BCUT2D eigenvalue weighted by atomic mass is 9.67. The van der Waals surface area contributed by atoms with E-state index in [1.54, 1.807) is 0 Å². The molecule has 10 aromatic carbocycles. The Balaban J connectivity index is 1.09. The molecule has 0 unspecified atom stereocenters. The SMILES string of the molecule is c1ccc(-c2nc(-c3cc(-c4cccc5ccccc45)cc(-c4cccc5c4oc4ccccc45)c3)cc(-c3cccc4c3-c3ccccc3C4(c3ccccc3)c3ccccc3)n2)cc1. The monoisotopic (exact) mass is 840 g/mol. The topological polar surface area (TPSA) is 38.9 Å². The van der Waals surface area contributed by atoms with E-state index in [9.17, 15) is 0 Å². The highest BCUT2D eigenvalue weighted by molar-refractivity contribution is 6.10. The number of hydrogen-bond acceptors (Lipinski definition) is 3. The van der Waals surface area contributed by atoms with Gasteiger partial charge in [-0.25, -0.2) is 9.97 Å². The van der Waals surface area contributed by atoms with E-state index in [0.29, 0.717) is 5.82 Å². The molecule has 0 spiro atoms. The first-order chi connectivity index (χ1) is 32.7. The van der Waals surface area contributed by atoms with Crippen LogP contribution in [0.3, 0.4) is 0 Å². The van der Waals surface area contributed by atoms with Gasteiger partial charge in [0.2, 0.25) is 0 Å². The van der Waals surface area contributed by atoms with E-state index < -0.39 is 5.41 Å². The summed E-state index contributed by atoms with van der Waals surface area (Å²) in [6.07, 6.45) is 0. The summed E-state index contributed by atoms with van der Waals surface area (Å²) in [5.74, 6) is 0.667. The molecular formula is C63H40N2O. The van der Waals surface area contributed by atoms with Gasteiger partial charge in [0.1, 0.15) is 11.2 Å². The lowest BCUT2D eigenvalue weighted by Gasteiger charge is -2.33. The normalized spacial score (nSPS) is 12.7. The molecule has 1 aliphatic rings. The lowest BCUT2D eigenvalue weighted by Crippen LogP contribution is -2.28. The van der Waals surface area contributed by atoms with E-state index in [4.69, 9.17) is 14.4 Å².